The maximum absolute atomic E-state index is 12.9. The minimum Gasteiger partial charge on any atom is -0.207 e. The van der Waals surface area contributed by atoms with Gasteiger partial charge in [0.2, 0.25) is 0 Å². The highest BCUT2D eigenvalue weighted by Crippen LogP contribution is 2.16. The van der Waals surface area contributed by atoms with Crippen molar-refractivity contribution in [2.75, 3.05) is 5.75 Å². The van der Waals surface area contributed by atoms with Crippen LogP contribution in [-0.4, -0.2) is 5.75 Å². The zero-order valence-corrected chi connectivity index (χ0v) is 7.63. The molecule has 1 aromatic carbocycles. The van der Waals surface area contributed by atoms with E-state index in [9.17, 15) is 8.78 Å². The van der Waals surface area contributed by atoms with Gasteiger partial charge in [0.25, 0.3) is 0 Å². The Morgan fingerprint density at radius 3 is 2.75 bits per heavy atom. The lowest BCUT2D eigenvalue weighted by Crippen LogP contribution is -1.89. The van der Waals surface area contributed by atoms with E-state index >= 15 is 0 Å². The van der Waals surface area contributed by atoms with Crippen molar-refractivity contribution in [1.82, 2.24) is 0 Å². The third-order valence-corrected chi connectivity index (χ3v) is 2.39. The number of hydrogen-bond donors (Lipinski definition) is 0. The highest BCUT2D eigenvalue weighted by atomic mass is 32.2. The Balaban J connectivity index is 2.75. The second-order valence-electron chi connectivity index (χ2n) is 2.37. The Morgan fingerprint density at radius 2 is 2.08 bits per heavy atom. The number of rotatable bonds is 3. The molecule has 1 aromatic rings. The van der Waals surface area contributed by atoms with Crippen LogP contribution in [0, 0.1) is 11.6 Å². The van der Waals surface area contributed by atoms with Crippen LogP contribution in [0.15, 0.2) is 18.2 Å². The molecule has 0 saturated carbocycles. The van der Waals surface area contributed by atoms with Crippen molar-refractivity contribution in [3.05, 3.63) is 35.4 Å². The average molecular weight is 188 g/mol. The van der Waals surface area contributed by atoms with Gasteiger partial charge in [0, 0.05) is 11.3 Å². The highest BCUT2D eigenvalue weighted by molar-refractivity contribution is 7.98. The van der Waals surface area contributed by atoms with Crippen LogP contribution in [0.1, 0.15) is 12.5 Å². The summed E-state index contributed by atoms with van der Waals surface area (Å²) in [6.07, 6.45) is 0. The molecular weight excluding hydrogens is 178 g/mol. The standard InChI is InChI=1S/C9H10F2S/c1-2-12-6-7-5-8(10)3-4-9(7)11/h3-5H,2,6H2,1H3. The topological polar surface area (TPSA) is 0 Å². The maximum atomic E-state index is 12.9. The fourth-order valence-corrected chi connectivity index (χ4v) is 1.51. The summed E-state index contributed by atoms with van der Waals surface area (Å²) >= 11 is 1.58. The molecule has 0 atom stereocenters. The molecule has 0 nitrogen and oxygen atoms in total. The number of hydrogen-bond acceptors (Lipinski definition) is 1. The molecule has 1 rings (SSSR count). The van der Waals surface area contributed by atoms with E-state index in [1.165, 1.54) is 12.1 Å². The van der Waals surface area contributed by atoms with Crippen LogP contribution in [-0.2, 0) is 5.75 Å². The minimum absolute atomic E-state index is 0.322. The van der Waals surface area contributed by atoms with Crippen molar-refractivity contribution in [3.8, 4) is 0 Å². The first-order chi connectivity index (χ1) is 5.74. The van der Waals surface area contributed by atoms with Crippen molar-refractivity contribution in [2.24, 2.45) is 0 Å². The van der Waals surface area contributed by atoms with E-state index in [2.05, 4.69) is 0 Å². The third kappa shape index (κ3) is 2.48. The van der Waals surface area contributed by atoms with Gasteiger partial charge in [0.05, 0.1) is 0 Å². The SMILES string of the molecule is CCSCc1cc(F)ccc1F. The minimum atomic E-state index is -0.372. The molecule has 0 fully saturated rings. The van der Waals surface area contributed by atoms with Gasteiger partial charge in [0.1, 0.15) is 11.6 Å². The Morgan fingerprint density at radius 1 is 1.33 bits per heavy atom. The summed E-state index contributed by atoms with van der Waals surface area (Å²) in [5.74, 6) is 0.760. The number of benzene rings is 1. The molecule has 0 bridgehead atoms. The molecule has 66 valence electrons. The van der Waals surface area contributed by atoms with Gasteiger partial charge in [-0.25, -0.2) is 8.78 Å². The van der Waals surface area contributed by atoms with Crippen LogP contribution in [0.25, 0.3) is 0 Å². The zero-order chi connectivity index (χ0) is 8.97. The van der Waals surface area contributed by atoms with E-state index in [1.807, 2.05) is 6.92 Å². The molecule has 0 spiro atoms. The van der Waals surface area contributed by atoms with E-state index in [0.29, 0.717) is 11.3 Å². The van der Waals surface area contributed by atoms with Gasteiger partial charge >= 0.3 is 0 Å². The molecule has 0 unspecified atom stereocenters. The molecule has 0 radical (unpaired) electrons. The smallest absolute Gasteiger partial charge is 0.127 e. The summed E-state index contributed by atoms with van der Waals surface area (Å²) in [4.78, 5) is 0. The normalized spacial score (nSPS) is 10.2. The van der Waals surface area contributed by atoms with Crippen molar-refractivity contribution >= 4 is 11.8 Å². The van der Waals surface area contributed by atoms with E-state index in [-0.39, 0.29) is 11.6 Å². The average Bonchev–Trinajstić information content (AvgIpc) is 2.07. The van der Waals surface area contributed by atoms with Crippen molar-refractivity contribution in [1.29, 1.82) is 0 Å². The van der Waals surface area contributed by atoms with Gasteiger partial charge in [-0.1, -0.05) is 6.92 Å². The van der Waals surface area contributed by atoms with Crippen LogP contribution in [0.4, 0.5) is 8.78 Å². The summed E-state index contributed by atoms with van der Waals surface area (Å²) in [6.45, 7) is 1.99. The van der Waals surface area contributed by atoms with Gasteiger partial charge in [-0.15, -0.1) is 0 Å². The predicted octanol–water partition coefficient (Wildman–Crippen LogP) is 3.22. The zero-order valence-electron chi connectivity index (χ0n) is 6.81. The molecule has 0 amide bonds. The van der Waals surface area contributed by atoms with Crippen LogP contribution in [0.5, 0.6) is 0 Å². The second kappa shape index (κ2) is 4.45. The third-order valence-electron chi connectivity index (χ3n) is 1.47. The van der Waals surface area contributed by atoms with Crippen molar-refractivity contribution < 1.29 is 8.78 Å². The highest BCUT2D eigenvalue weighted by Gasteiger charge is 2.02. The van der Waals surface area contributed by atoms with Crippen LogP contribution < -0.4 is 0 Å². The van der Waals surface area contributed by atoms with Crippen molar-refractivity contribution in [2.45, 2.75) is 12.7 Å². The largest absolute Gasteiger partial charge is 0.207 e. The maximum Gasteiger partial charge on any atom is 0.127 e. The first-order valence-electron chi connectivity index (χ1n) is 3.75. The first-order valence-corrected chi connectivity index (χ1v) is 4.91. The lowest BCUT2D eigenvalue weighted by atomic mass is 10.2. The Labute approximate surface area is 75.0 Å². The fraction of sp³-hybridized carbons (Fsp3) is 0.333. The first kappa shape index (κ1) is 9.52. The molecule has 3 heteroatoms. The summed E-state index contributed by atoms with van der Waals surface area (Å²) < 4.78 is 25.5. The van der Waals surface area contributed by atoms with Gasteiger partial charge in [-0.3, -0.25) is 0 Å². The number of thioether (sulfide) groups is 1. The van der Waals surface area contributed by atoms with Gasteiger partial charge in [0.15, 0.2) is 0 Å². The summed E-state index contributed by atoms with van der Waals surface area (Å²) in [7, 11) is 0. The molecule has 0 aliphatic heterocycles. The van der Waals surface area contributed by atoms with Crippen LogP contribution in [0.3, 0.4) is 0 Å². The summed E-state index contributed by atoms with van der Waals surface area (Å²) in [5, 5.41) is 0. The van der Waals surface area contributed by atoms with E-state index in [4.69, 9.17) is 0 Å². The summed E-state index contributed by atoms with van der Waals surface area (Å²) in [6, 6.07) is 3.55. The second-order valence-corrected chi connectivity index (χ2v) is 3.65. The van der Waals surface area contributed by atoms with Crippen molar-refractivity contribution in [3.63, 3.8) is 0 Å². The van der Waals surface area contributed by atoms with Gasteiger partial charge in [-0.05, 0) is 24.0 Å². The molecule has 0 N–H and O–H groups in total. The molecule has 0 heterocycles. The quantitative estimate of drug-likeness (QED) is 0.701. The molecular formula is C9H10F2S. The Bertz CT molecular complexity index is 261. The molecule has 0 aliphatic carbocycles. The Kier molecular flexibility index (Phi) is 3.53. The van der Waals surface area contributed by atoms with Gasteiger partial charge < -0.3 is 0 Å². The fourth-order valence-electron chi connectivity index (χ4n) is 0.866. The van der Waals surface area contributed by atoms with Crippen LogP contribution in [0.2, 0.25) is 0 Å². The molecule has 0 aromatic heterocycles. The van der Waals surface area contributed by atoms with E-state index in [1.54, 1.807) is 11.8 Å². The lowest BCUT2D eigenvalue weighted by Gasteiger charge is -2.00. The summed E-state index contributed by atoms with van der Waals surface area (Å²) in [5.41, 5.74) is 0.446. The molecule has 0 aliphatic rings. The monoisotopic (exact) mass is 188 g/mol. The lowest BCUT2D eigenvalue weighted by molar-refractivity contribution is 0.591. The van der Waals surface area contributed by atoms with E-state index in [0.717, 1.165) is 11.8 Å². The molecule has 0 saturated heterocycles. The number of halogens is 2. The molecule has 12 heavy (non-hydrogen) atoms. The predicted molar refractivity (Wildman–Crippen MR) is 48.2 cm³/mol. The van der Waals surface area contributed by atoms with E-state index < -0.39 is 0 Å². The van der Waals surface area contributed by atoms with Crippen LogP contribution >= 0.6 is 11.8 Å². The van der Waals surface area contributed by atoms with Gasteiger partial charge in [-0.2, -0.15) is 11.8 Å². The Hall–Kier alpha value is -0.570.